The minimum atomic E-state index is -0.189. The van der Waals surface area contributed by atoms with Crippen LogP contribution in [0.1, 0.15) is 12.5 Å². The molecule has 1 N–H and O–H groups in total. The number of fused-ring (bicyclic) bond motifs is 1. The Hall–Kier alpha value is -2.68. The maximum Gasteiger partial charge on any atom is 0.249 e. The number of para-hydroxylation sites is 2. The highest BCUT2D eigenvalue weighted by molar-refractivity contribution is 5.86. The molecule has 0 saturated carbocycles. The molecule has 0 atom stereocenters. The van der Waals surface area contributed by atoms with Crippen LogP contribution in [0.25, 0.3) is 17.0 Å². The van der Waals surface area contributed by atoms with Gasteiger partial charge in [-0.3, -0.25) is 0 Å². The second kappa shape index (κ2) is 6.39. The molecule has 22 heavy (non-hydrogen) atoms. The average molecular weight is 293 g/mol. The molecule has 2 nitrogen and oxygen atoms in total. The van der Waals surface area contributed by atoms with Gasteiger partial charge in [0.2, 0.25) is 5.52 Å². The zero-order valence-corrected chi connectivity index (χ0v) is 12.5. The third-order valence-electron chi connectivity index (χ3n) is 3.65. The molecule has 2 aromatic carbocycles. The molecule has 0 fully saturated rings. The van der Waals surface area contributed by atoms with E-state index in [0.29, 0.717) is 5.52 Å². The highest BCUT2D eigenvalue weighted by Crippen LogP contribution is 2.19. The summed E-state index contributed by atoms with van der Waals surface area (Å²) in [4.78, 5) is 0. The molecule has 110 valence electrons. The summed E-state index contributed by atoms with van der Waals surface area (Å²) in [6.45, 7) is 2.75. The predicted octanol–water partition coefficient (Wildman–Crippen LogP) is 4.37. The van der Waals surface area contributed by atoms with Crippen LogP contribution in [0.5, 0.6) is 0 Å². The first-order valence-electron chi connectivity index (χ1n) is 7.38. The van der Waals surface area contributed by atoms with Crippen molar-refractivity contribution in [1.82, 2.24) is 0 Å². The number of hydrogen-bond donors (Lipinski definition) is 1. The lowest BCUT2D eigenvalue weighted by Gasteiger charge is -2.04. The number of aryl methyl sites for hydroxylation is 1. The van der Waals surface area contributed by atoms with Crippen molar-refractivity contribution in [3.63, 3.8) is 0 Å². The summed E-state index contributed by atoms with van der Waals surface area (Å²) in [7, 11) is 0. The number of rotatable bonds is 4. The smallest absolute Gasteiger partial charge is 0.249 e. The number of aromatic nitrogens is 1. The van der Waals surface area contributed by atoms with Crippen molar-refractivity contribution in [2.75, 3.05) is 5.32 Å². The van der Waals surface area contributed by atoms with Gasteiger partial charge in [0.1, 0.15) is 6.54 Å². The Kier molecular flexibility index (Phi) is 4.15. The van der Waals surface area contributed by atoms with Gasteiger partial charge < -0.3 is 5.32 Å². The minimum absolute atomic E-state index is 0.189. The van der Waals surface area contributed by atoms with Gasteiger partial charge in [0.25, 0.3) is 0 Å². The first-order valence-corrected chi connectivity index (χ1v) is 7.38. The number of anilines is 1. The molecule has 3 rings (SSSR count). The first-order chi connectivity index (χ1) is 10.8. The van der Waals surface area contributed by atoms with Crippen LogP contribution in [0.2, 0.25) is 0 Å². The highest BCUT2D eigenvalue weighted by atomic mass is 19.1. The second-order valence-corrected chi connectivity index (χ2v) is 5.04. The Balaban J connectivity index is 1.96. The van der Waals surface area contributed by atoms with Crippen LogP contribution in [0.15, 0.2) is 67.0 Å². The lowest BCUT2D eigenvalue weighted by molar-refractivity contribution is -0.668. The Morgan fingerprint density at radius 2 is 1.86 bits per heavy atom. The van der Waals surface area contributed by atoms with Gasteiger partial charge in [-0.15, -0.1) is 0 Å². The molecule has 3 heteroatoms. The van der Waals surface area contributed by atoms with Gasteiger partial charge in [0, 0.05) is 18.0 Å². The summed E-state index contributed by atoms with van der Waals surface area (Å²) < 4.78 is 16.1. The maximum atomic E-state index is 14.1. The van der Waals surface area contributed by atoms with Gasteiger partial charge in [-0.05, 0) is 42.8 Å². The molecule has 0 unspecified atom stereocenters. The number of benzene rings is 2. The van der Waals surface area contributed by atoms with E-state index in [9.17, 15) is 4.39 Å². The fraction of sp³-hybridized carbons (Fsp3) is 0.105. The second-order valence-electron chi connectivity index (χ2n) is 5.04. The van der Waals surface area contributed by atoms with Crippen molar-refractivity contribution in [2.24, 2.45) is 0 Å². The topological polar surface area (TPSA) is 15.9 Å². The van der Waals surface area contributed by atoms with E-state index in [0.717, 1.165) is 23.2 Å². The van der Waals surface area contributed by atoms with Crippen molar-refractivity contribution < 1.29 is 8.96 Å². The Labute approximate surface area is 129 Å². The molecule has 1 aromatic heterocycles. The third kappa shape index (κ3) is 2.84. The lowest BCUT2D eigenvalue weighted by atomic mass is 10.1. The van der Waals surface area contributed by atoms with Crippen LogP contribution >= 0.6 is 0 Å². The largest absolute Gasteiger partial charge is 0.362 e. The van der Waals surface area contributed by atoms with E-state index in [1.165, 1.54) is 6.07 Å². The number of nitrogens with zero attached hydrogens (tertiary/aromatic N) is 1. The Bertz CT molecular complexity index is 810. The summed E-state index contributed by atoms with van der Waals surface area (Å²) in [5.41, 5.74) is 2.66. The van der Waals surface area contributed by atoms with Gasteiger partial charge in [0.05, 0.1) is 5.39 Å². The minimum Gasteiger partial charge on any atom is -0.362 e. The van der Waals surface area contributed by atoms with Gasteiger partial charge in [-0.2, -0.15) is 8.96 Å². The fourth-order valence-corrected chi connectivity index (χ4v) is 2.55. The zero-order valence-electron chi connectivity index (χ0n) is 12.5. The molecule has 0 aliphatic heterocycles. The van der Waals surface area contributed by atoms with Crippen molar-refractivity contribution in [2.45, 2.75) is 13.5 Å². The SMILES string of the molecule is CC[n+]1ccc(C=CNc2ccccc2)c2cccc(F)c21. The number of nitrogens with one attached hydrogen (secondary N) is 1. The normalized spacial score (nSPS) is 11.2. The first kappa shape index (κ1) is 14.3. The summed E-state index contributed by atoms with van der Waals surface area (Å²) in [6, 6.07) is 17.1. The molecule has 1 heterocycles. The van der Waals surface area contributed by atoms with Crippen LogP contribution < -0.4 is 9.88 Å². The van der Waals surface area contributed by atoms with Crippen LogP contribution in [0, 0.1) is 5.82 Å². The van der Waals surface area contributed by atoms with E-state index in [1.807, 2.05) is 72.4 Å². The zero-order chi connectivity index (χ0) is 15.4. The fourth-order valence-electron chi connectivity index (χ4n) is 2.55. The van der Waals surface area contributed by atoms with E-state index in [1.54, 1.807) is 6.07 Å². The predicted molar refractivity (Wildman–Crippen MR) is 88.9 cm³/mol. The van der Waals surface area contributed by atoms with E-state index in [-0.39, 0.29) is 5.82 Å². The van der Waals surface area contributed by atoms with Crippen molar-refractivity contribution in [3.05, 3.63) is 78.4 Å². The molecular weight excluding hydrogens is 275 g/mol. The van der Waals surface area contributed by atoms with Gasteiger partial charge in [0.15, 0.2) is 12.0 Å². The van der Waals surface area contributed by atoms with E-state index in [4.69, 9.17) is 0 Å². The van der Waals surface area contributed by atoms with Crippen LogP contribution in [-0.2, 0) is 6.54 Å². The van der Waals surface area contributed by atoms with Crippen molar-refractivity contribution in [3.8, 4) is 0 Å². The number of hydrogen-bond acceptors (Lipinski definition) is 1. The van der Waals surface area contributed by atoms with Gasteiger partial charge in [-0.25, -0.2) is 0 Å². The number of pyridine rings is 1. The van der Waals surface area contributed by atoms with Crippen LogP contribution in [0.3, 0.4) is 0 Å². The monoisotopic (exact) mass is 293 g/mol. The maximum absolute atomic E-state index is 14.1. The van der Waals surface area contributed by atoms with Crippen molar-refractivity contribution >= 4 is 22.7 Å². The van der Waals surface area contributed by atoms with Crippen LogP contribution in [0.4, 0.5) is 10.1 Å². The molecule has 0 spiro atoms. The summed E-state index contributed by atoms with van der Waals surface area (Å²) >= 11 is 0. The van der Waals surface area contributed by atoms with Gasteiger partial charge >= 0.3 is 0 Å². The molecule has 0 amide bonds. The summed E-state index contributed by atoms with van der Waals surface area (Å²) in [5.74, 6) is -0.189. The molecule has 3 aromatic rings. The van der Waals surface area contributed by atoms with E-state index >= 15 is 0 Å². The molecule has 0 saturated heterocycles. The summed E-state index contributed by atoms with van der Waals surface area (Å²) in [5, 5.41) is 4.13. The average Bonchev–Trinajstić information content (AvgIpc) is 2.56. The molecule has 0 radical (unpaired) electrons. The van der Waals surface area contributed by atoms with Crippen LogP contribution in [-0.4, -0.2) is 0 Å². The van der Waals surface area contributed by atoms with Crippen molar-refractivity contribution in [1.29, 1.82) is 0 Å². The summed E-state index contributed by atoms with van der Waals surface area (Å²) in [6.07, 6.45) is 5.77. The quantitative estimate of drug-likeness (QED) is 0.706. The highest BCUT2D eigenvalue weighted by Gasteiger charge is 2.14. The molecule has 0 aliphatic rings. The Morgan fingerprint density at radius 1 is 1.05 bits per heavy atom. The molecule has 0 aliphatic carbocycles. The number of halogens is 1. The van der Waals surface area contributed by atoms with E-state index in [2.05, 4.69) is 5.32 Å². The Morgan fingerprint density at radius 3 is 2.64 bits per heavy atom. The molecular formula is C19H18FN2+. The van der Waals surface area contributed by atoms with Gasteiger partial charge in [-0.1, -0.05) is 24.3 Å². The van der Waals surface area contributed by atoms with E-state index < -0.39 is 0 Å². The molecule has 0 bridgehead atoms. The standard InChI is InChI=1S/C19H17FN2/c1-2-22-14-12-15(17-9-6-10-18(20)19(17)22)11-13-21-16-7-4-3-5-8-16/h3-14H,2H2,1H3/p+1. The lowest BCUT2D eigenvalue weighted by Crippen LogP contribution is -2.33. The third-order valence-corrected chi connectivity index (χ3v) is 3.65.